The molecule has 0 saturated heterocycles. The fourth-order valence-electron chi connectivity index (χ4n) is 1.87. The van der Waals surface area contributed by atoms with Gasteiger partial charge in [-0.05, 0) is 30.7 Å². The topological polar surface area (TPSA) is 57.2 Å². The third kappa shape index (κ3) is 4.32. The Balaban J connectivity index is 2.64. The molecule has 0 aliphatic carbocycles. The number of benzene rings is 1. The molecule has 1 atom stereocenters. The Labute approximate surface area is 108 Å². The average Bonchev–Trinajstić information content (AvgIpc) is 2.36. The standard InChI is InChI=1S/C15H20O3/c1-3-4-14(16)13-8-6-12(7-9-13)11(2)5-10-15(17)18/h6-9,11H,3-5,10H2,1-2H3,(H,17,18)/p-1/t11-/m1/s1. The van der Waals surface area contributed by atoms with E-state index in [9.17, 15) is 14.7 Å². The number of carboxylic acids is 1. The molecule has 0 unspecified atom stereocenters. The lowest BCUT2D eigenvalue weighted by Gasteiger charge is -2.12. The summed E-state index contributed by atoms with van der Waals surface area (Å²) in [6.45, 7) is 3.96. The van der Waals surface area contributed by atoms with E-state index in [-0.39, 0.29) is 18.1 Å². The second kappa shape index (κ2) is 6.94. The Bertz CT molecular complexity index is 406. The number of rotatable bonds is 7. The van der Waals surface area contributed by atoms with Crippen molar-refractivity contribution >= 4 is 11.8 Å². The molecule has 0 aromatic heterocycles. The molecule has 0 aliphatic heterocycles. The van der Waals surface area contributed by atoms with E-state index in [0.717, 1.165) is 17.5 Å². The highest BCUT2D eigenvalue weighted by Gasteiger charge is 2.08. The van der Waals surface area contributed by atoms with Crippen LogP contribution >= 0.6 is 0 Å². The minimum absolute atomic E-state index is 0.0671. The van der Waals surface area contributed by atoms with Gasteiger partial charge in [-0.1, -0.05) is 38.1 Å². The van der Waals surface area contributed by atoms with Crippen LogP contribution in [0, 0.1) is 0 Å². The van der Waals surface area contributed by atoms with E-state index >= 15 is 0 Å². The van der Waals surface area contributed by atoms with Gasteiger partial charge in [0, 0.05) is 18.0 Å². The Morgan fingerprint density at radius 3 is 2.28 bits per heavy atom. The molecule has 0 saturated carbocycles. The molecule has 0 radical (unpaired) electrons. The normalized spacial score (nSPS) is 12.1. The molecule has 0 amide bonds. The molecule has 1 rings (SSSR count). The van der Waals surface area contributed by atoms with E-state index in [0.29, 0.717) is 12.8 Å². The fraction of sp³-hybridized carbons (Fsp3) is 0.467. The second-order valence-electron chi connectivity index (χ2n) is 4.61. The maximum absolute atomic E-state index is 11.7. The molecule has 0 spiro atoms. The van der Waals surface area contributed by atoms with Crippen LogP contribution in [0.2, 0.25) is 0 Å². The summed E-state index contributed by atoms with van der Waals surface area (Å²) in [6, 6.07) is 7.46. The van der Waals surface area contributed by atoms with Crippen LogP contribution in [-0.4, -0.2) is 11.8 Å². The first-order valence-electron chi connectivity index (χ1n) is 6.37. The SMILES string of the molecule is CCCC(=O)c1ccc([C@H](C)CCC(=O)[O-])cc1. The van der Waals surface area contributed by atoms with Gasteiger partial charge in [0.2, 0.25) is 0 Å². The van der Waals surface area contributed by atoms with Gasteiger partial charge in [0.15, 0.2) is 5.78 Å². The number of aliphatic carboxylic acids is 1. The fourth-order valence-corrected chi connectivity index (χ4v) is 1.87. The van der Waals surface area contributed by atoms with Crippen molar-refractivity contribution < 1.29 is 14.7 Å². The summed E-state index contributed by atoms with van der Waals surface area (Å²) in [5.74, 6) is -0.693. The number of carboxylic acid groups (broad SMARTS) is 1. The molecule has 18 heavy (non-hydrogen) atoms. The summed E-state index contributed by atoms with van der Waals surface area (Å²) in [5, 5.41) is 10.4. The van der Waals surface area contributed by atoms with Gasteiger partial charge in [-0.25, -0.2) is 0 Å². The Kier molecular flexibility index (Phi) is 5.56. The minimum atomic E-state index is -1.02. The van der Waals surface area contributed by atoms with Crippen molar-refractivity contribution in [2.45, 2.75) is 45.4 Å². The monoisotopic (exact) mass is 247 g/mol. The summed E-state index contributed by atoms with van der Waals surface area (Å²) < 4.78 is 0. The zero-order valence-corrected chi connectivity index (χ0v) is 10.9. The third-order valence-corrected chi connectivity index (χ3v) is 3.06. The lowest BCUT2D eigenvalue weighted by atomic mass is 9.94. The molecule has 1 aromatic carbocycles. The molecule has 0 N–H and O–H groups in total. The Morgan fingerprint density at radius 1 is 1.17 bits per heavy atom. The summed E-state index contributed by atoms with van der Waals surface area (Å²) >= 11 is 0. The molecule has 98 valence electrons. The van der Waals surface area contributed by atoms with Crippen molar-refractivity contribution in [3.63, 3.8) is 0 Å². The van der Waals surface area contributed by atoms with Gasteiger partial charge in [0.1, 0.15) is 0 Å². The van der Waals surface area contributed by atoms with Gasteiger partial charge in [-0.2, -0.15) is 0 Å². The maximum Gasteiger partial charge on any atom is 0.162 e. The van der Waals surface area contributed by atoms with Crippen LogP contribution in [0.4, 0.5) is 0 Å². The molecular weight excluding hydrogens is 228 g/mol. The number of hydrogen-bond acceptors (Lipinski definition) is 3. The highest BCUT2D eigenvalue weighted by Crippen LogP contribution is 2.21. The van der Waals surface area contributed by atoms with Crippen LogP contribution in [0.15, 0.2) is 24.3 Å². The van der Waals surface area contributed by atoms with Gasteiger partial charge >= 0.3 is 0 Å². The highest BCUT2D eigenvalue weighted by molar-refractivity contribution is 5.96. The summed E-state index contributed by atoms with van der Waals surface area (Å²) in [7, 11) is 0. The second-order valence-corrected chi connectivity index (χ2v) is 4.61. The van der Waals surface area contributed by atoms with Crippen molar-refractivity contribution in [3.8, 4) is 0 Å². The largest absolute Gasteiger partial charge is 0.550 e. The first-order chi connectivity index (χ1) is 8.54. The quantitative estimate of drug-likeness (QED) is 0.695. The van der Waals surface area contributed by atoms with E-state index in [2.05, 4.69) is 0 Å². The zero-order valence-electron chi connectivity index (χ0n) is 10.9. The molecule has 0 heterocycles. The summed E-state index contributed by atoms with van der Waals surface area (Å²) in [4.78, 5) is 22.0. The van der Waals surface area contributed by atoms with Crippen molar-refractivity contribution in [3.05, 3.63) is 35.4 Å². The predicted octanol–water partition coefficient (Wildman–Crippen LogP) is 2.30. The highest BCUT2D eigenvalue weighted by atomic mass is 16.4. The van der Waals surface area contributed by atoms with Crippen molar-refractivity contribution in [2.75, 3.05) is 0 Å². The first-order valence-corrected chi connectivity index (χ1v) is 6.37. The van der Waals surface area contributed by atoms with Crippen molar-refractivity contribution in [1.82, 2.24) is 0 Å². The number of Topliss-reactive ketones (excluding diaryl/α,β-unsaturated/α-hetero) is 1. The third-order valence-electron chi connectivity index (χ3n) is 3.06. The smallest absolute Gasteiger partial charge is 0.162 e. The average molecular weight is 247 g/mol. The number of hydrogen-bond donors (Lipinski definition) is 0. The van der Waals surface area contributed by atoms with Crippen LogP contribution in [0.1, 0.15) is 61.4 Å². The minimum Gasteiger partial charge on any atom is -0.550 e. The number of carbonyl (C=O) groups is 2. The molecule has 3 nitrogen and oxygen atoms in total. The van der Waals surface area contributed by atoms with Gasteiger partial charge < -0.3 is 9.90 Å². The molecular formula is C15H19O3-. The number of carbonyl (C=O) groups excluding carboxylic acids is 2. The van der Waals surface area contributed by atoms with E-state index < -0.39 is 5.97 Å². The lowest BCUT2D eigenvalue weighted by Crippen LogP contribution is -2.22. The summed E-state index contributed by atoms with van der Waals surface area (Å²) in [6.07, 6.45) is 2.05. The van der Waals surface area contributed by atoms with Crippen LogP contribution in [0.3, 0.4) is 0 Å². The zero-order chi connectivity index (χ0) is 13.5. The first kappa shape index (κ1) is 14.4. The maximum atomic E-state index is 11.7. The molecule has 0 fully saturated rings. The van der Waals surface area contributed by atoms with E-state index in [1.54, 1.807) is 0 Å². The van der Waals surface area contributed by atoms with Gasteiger partial charge in [-0.3, -0.25) is 4.79 Å². The lowest BCUT2D eigenvalue weighted by molar-refractivity contribution is -0.305. The Morgan fingerprint density at radius 2 is 1.78 bits per heavy atom. The van der Waals surface area contributed by atoms with Crippen LogP contribution < -0.4 is 5.11 Å². The summed E-state index contributed by atoms with van der Waals surface area (Å²) in [5.41, 5.74) is 1.79. The van der Waals surface area contributed by atoms with E-state index in [4.69, 9.17) is 0 Å². The van der Waals surface area contributed by atoms with Gasteiger partial charge in [0.25, 0.3) is 0 Å². The van der Waals surface area contributed by atoms with Crippen molar-refractivity contribution in [1.29, 1.82) is 0 Å². The molecule has 0 bridgehead atoms. The molecule has 3 heteroatoms. The van der Waals surface area contributed by atoms with Crippen LogP contribution in [0.25, 0.3) is 0 Å². The van der Waals surface area contributed by atoms with Crippen LogP contribution in [0.5, 0.6) is 0 Å². The van der Waals surface area contributed by atoms with Gasteiger partial charge in [0.05, 0.1) is 0 Å². The molecule has 1 aromatic rings. The molecule has 0 aliphatic rings. The van der Waals surface area contributed by atoms with E-state index in [1.807, 2.05) is 38.1 Å². The van der Waals surface area contributed by atoms with E-state index in [1.165, 1.54) is 0 Å². The number of ketones is 1. The van der Waals surface area contributed by atoms with Crippen LogP contribution in [-0.2, 0) is 4.79 Å². The van der Waals surface area contributed by atoms with Gasteiger partial charge in [-0.15, -0.1) is 0 Å². The van der Waals surface area contributed by atoms with Crippen molar-refractivity contribution in [2.24, 2.45) is 0 Å². The Hall–Kier alpha value is -1.64. The predicted molar refractivity (Wildman–Crippen MR) is 68.3 cm³/mol.